The first-order valence-electron chi connectivity index (χ1n) is 10.2. The summed E-state index contributed by atoms with van der Waals surface area (Å²) in [6.07, 6.45) is 6.58. The topological polar surface area (TPSA) is 133 Å². The van der Waals surface area contributed by atoms with Crippen molar-refractivity contribution in [3.05, 3.63) is 0 Å². The smallest absolute Gasteiger partial charge is 0.327 e. The van der Waals surface area contributed by atoms with Crippen LogP contribution in [0.1, 0.15) is 59.3 Å². The molecule has 3 atom stereocenters. The monoisotopic (exact) mass is 514 g/mol. The highest BCUT2D eigenvalue weighted by Gasteiger charge is 2.20. The summed E-state index contributed by atoms with van der Waals surface area (Å²) in [5, 5.41) is 23.6. The predicted molar refractivity (Wildman–Crippen MR) is 133 cm³/mol. The Bertz CT molecular complexity index is 568. The molecule has 0 aromatic heterocycles. The van der Waals surface area contributed by atoms with Crippen LogP contribution in [-0.2, 0) is 19.2 Å². The van der Waals surface area contributed by atoms with E-state index in [4.69, 9.17) is 5.11 Å². The summed E-state index contributed by atoms with van der Waals surface area (Å²) in [5.41, 5.74) is 0. The van der Waals surface area contributed by atoms with Crippen LogP contribution in [0.4, 0.5) is 0 Å². The van der Waals surface area contributed by atoms with Crippen LogP contribution in [-0.4, -0.2) is 68.6 Å². The fourth-order valence-corrected chi connectivity index (χ4v) is 7.79. The number of unbranched alkanes of at least 4 members (excludes halogenated alkanes) is 3. The number of aliphatic carboxylic acids is 2. The van der Waals surface area contributed by atoms with Crippen molar-refractivity contribution in [2.45, 2.75) is 76.6 Å². The minimum Gasteiger partial charge on any atom is -0.480 e. The first-order chi connectivity index (χ1) is 14.7. The zero-order chi connectivity index (χ0) is 23.6. The van der Waals surface area contributed by atoms with Crippen molar-refractivity contribution in [2.75, 3.05) is 17.3 Å². The number of nitrogens with one attached hydrogen (secondary N) is 2. The highest BCUT2D eigenvalue weighted by atomic mass is 33.1. The Hall–Kier alpha value is -0.720. The van der Waals surface area contributed by atoms with E-state index < -0.39 is 24.0 Å². The Morgan fingerprint density at radius 1 is 0.774 bits per heavy atom. The lowest BCUT2D eigenvalue weighted by Crippen LogP contribution is -2.41. The van der Waals surface area contributed by atoms with Crippen molar-refractivity contribution in [1.82, 2.24) is 10.6 Å². The van der Waals surface area contributed by atoms with Crippen LogP contribution < -0.4 is 10.6 Å². The third kappa shape index (κ3) is 17.5. The number of hydrogen-bond acceptors (Lipinski definition) is 8. The van der Waals surface area contributed by atoms with Gasteiger partial charge in [0.05, 0.1) is 0 Å². The molecule has 0 aromatic rings. The van der Waals surface area contributed by atoms with Crippen LogP contribution in [0.5, 0.6) is 0 Å². The van der Waals surface area contributed by atoms with E-state index in [1.54, 1.807) is 21.6 Å². The first kappa shape index (κ1) is 30.3. The van der Waals surface area contributed by atoms with E-state index in [1.165, 1.54) is 48.3 Å². The summed E-state index contributed by atoms with van der Waals surface area (Å²) >= 11 is 0. The molecule has 2 amide bonds. The molecule has 4 N–H and O–H groups in total. The Labute approximate surface area is 200 Å². The number of carboxylic acid groups (broad SMARTS) is 2. The lowest BCUT2D eigenvalue weighted by molar-refractivity contribution is -0.141. The maximum Gasteiger partial charge on any atom is 0.327 e. The number of carbonyl (C=O) groups is 4. The van der Waals surface area contributed by atoms with Gasteiger partial charge < -0.3 is 20.8 Å². The van der Waals surface area contributed by atoms with E-state index in [0.29, 0.717) is 16.8 Å². The molecule has 0 spiro atoms. The molecular weight excluding hydrogens is 480 g/mol. The van der Waals surface area contributed by atoms with Gasteiger partial charge in [-0.2, -0.15) is 0 Å². The Morgan fingerprint density at radius 3 is 1.81 bits per heavy atom. The van der Waals surface area contributed by atoms with Crippen LogP contribution in [0.3, 0.4) is 0 Å². The molecule has 0 radical (unpaired) electrons. The largest absolute Gasteiger partial charge is 0.480 e. The average molecular weight is 515 g/mol. The third-order valence-electron chi connectivity index (χ3n) is 4.01. The Balaban J connectivity index is 4.42. The van der Waals surface area contributed by atoms with E-state index in [2.05, 4.69) is 17.6 Å². The van der Waals surface area contributed by atoms with Gasteiger partial charge in [0, 0.05) is 36.4 Å². The zero-order valence-electron chi connectivity index (χ0n) is 18.3. The summed E-state index contributed by atoms with van der Waals surface area (Å²) in [7, 11) is 6.13. The summed E-state index contributed by atoms with van der Waals surface area (Å²) in [6, 6.07) is -1.80. The van der Waals surface area contributed by atoms with Gasteiger partial charge in [0.1, 0.15) is 12.1 Å². The van der Waals surface area contributed by atoms with Gasteiger partial charge in [0.25, 0.3) is 0 Å². The van der Waals surface area contributed by atoms with Crippen molar-refractivity contribution in [2.24, 2.45) is 0 Å². The van der Waals surface area contributed by atoms with Gasteiger partial charge in [-0.1, -0.05) is 75.8 Å². The SMILES string of the molecule is CCCCCCC(CCSSCC(NC(C)=O)C(=O)O)SSCC(NC(C)=O)C(=O)O. The quantitative estimate of drug-likeness (QED) is 0.149. The molecule has 0 saturated heterocycles. The maximum absolute atomic E-state index is 11.3. The van der Waals surface area contributed by atoms with Crippen LogP contribution >= 0.6 is 43.2 Å². The molecule has 0 rings (SSSR count). The highest BCUT2D eigenvalue weighted by Crippen LogP contribution is 2.35. The number of amides is 2. The van der Waals surface area contributed by atoms with Gasteiger partial charge in [0.15, 0.2) is 0 Å². The average Bonchev–Trinajstić information content (AvgIpc) is 2.67. The molecule has 0 aliphatic rings. The fourth-order valence-electron chi connectivity index (χ4n) is 2.44. The minimum absolute atomic E-state index is 0.291. The molecule has 0 aliphatic heterocycles. The molecule has 0 aliphatic carbocycles. The number of hydrogen-bond donors (Lipinski definition) is 4. The second-order valence-electron chi connectivity index (χ2n) is 6.93. The van der Waals surface area contributed by atoms with E-state index in [-0.39, 0.29) is 11.8 Å². The summed E-state index contributed by atoms with van der Waals surface area (Å²) < 4.78 is 0. The van der Waals surface area contributed by atoms with Crippen LogP contribution in [0.25, 0.3) is 0 Å². The minimum atomic E-state index is -1.05. The molecule has 12 heteroatoms. The standard InChI is InChI=1S/C19H34N2O6S4/c1-4-5-6-7-8-15(31-30-12-17(19(26)27)21-14(3)23)9-10-28-29-11-16(18(24)25)20-13(2)22/h15-17H,4-12H2,1-3H3,(H,20,22)(H,21,23)(H,24,25)(H,26,27). The molecule has 3 unspecified atom stereocenters. The van der Waals surface area contributed by atoms with Crippen LogP contribution in [0.2, 0.25) is 0 Å². The highest BCUT2D eigenvalue weighted by molar-refractivity contribution is 8.77. The second kappa shape index (κ2) is 18.8. The van der Waals surface area contributed by atoms with Crippen LogP contribution in [0.15, 0.2) is 0 Å². The van der Waals surface area contributed by atoms with Crippen molar-refractivity contribution >= 4 is 66.9 Å². The van der Waals surface area contributed by atoms with Gasteiger partial charge in [-0.25, -0.2) is 9.59 Å². The van der Waals surface area contributed by atoms with Crippen molar-refractivity contribution in [3.8, 4) is 0 Å². The Kier molecular flexibility index (Phi) is 18.4. The van der Waals surface area contributed by atoms with Gasteiger partial charge in [-0.3, -0.25) is 9.59 Å². The van der Waals surface area contributed by atoms with E-state index >= 15 is 0 Å². The molecule has 31 heavy (non-hydrogen) atoms. The molecule has 0 aromatic carbocycles. The number of rotatable bonds is 19. The summed E-state index contributed by atoms with van der Waals surface area (Å²) in [5.74, 6) is -1.39. The lowest BCUT2D eigenvalue weighted by atomic mass is 10.1. The second-order valence-corrected chi connectivity index (χ2v) is 12.3. The third-order valence-corrected chi connectivity index (χ3v) is 9.44. The first-order valence-corrected chi connectivity index (χ1v) is 15.1. The molecule has 0 fully saturated rings. The van der Waals surface area contributed by atoms with Crippen molar-refractivity contribution in [3.63, 3.8) is 0 Å². The normalized spacial score (nSPS) is 13.8. The van der Waals surface area contributed by atoms with Gasteiger partial charge in [0.2, 0.25) is 11.8 Å². The van der Waals surface area contributed by atoms with Crippen molar-refractivity contribution < 1.29 is 29.4 Å². The fraction of sp³-hybridized carbons (Fsp3) is 0.789. The van der Waals surface area contributed by atoms with Gasteiger partial charge >= 0.3 is 11.9 Å². The van der Waals surface area contributed by atoms with Crippen molar-refractivity contribution in [1.29, 1.82) is 0 Å². The lowest BCUT2D eigenvalue weighted by Gasteiger charge is -2.18. The number of carbonyl (C=O) groups excluding carboxylic acids is 2. The molecule has 0 heterocycles. The summed E-state index contributed by atoms with van der Waals surface area (Å²) in [4.78, 5) is 44.6. The molecule has 8 nitrogen and oxygen atoms in total. The molecule has 180 valence electrons. The molecular formula is C19H34N2O6S4. The van der Waals surface area contributed by atoms with Gasteiger partial charge in [-0.15, -0.1) is 0 Å². The van der Waals surface area contributed by atoms with E-state index in [0.717, 1.165) is 31.4 Å². The molecule has 0 saturated carbocycles. The number of carboxylic acids is 2. The summed E-state index contributed by atoms with van der Waals surface area (Å²) in [6.45, 7) is 4.77. The van der Waals surface area contributed by atoms with E-state index in [1.807, 2.05) is 0 Å². The Morgan fingerprint density at radius 2 is 1.32 bits per heavy atom. The van der Waals surface area contributed by atoms with Gasteiger partial charge in [-0.05, 0) is 12.8 Å². The maximum atomic E-state index is 11.3. The van der Waals surface area contributed by atoms with Crippen LogP contribution in [0, 0.1) is 0 Å². The van der Waals surface area contributed by atoms with E-state index in [9.17, 15) is 24.3 Å². The predicted octanol–water partition coefficient (Wildman–Crippen LogP) is 3.66. The molecule has 0 bridgehead atoms. The zero-order valence-corrected chi connectivity index (χ0v) is 21.5.